The van der Waals surface area contributed by atoms with Gasteiger partial charge in [0.05, 0.1) is 11.3 Å². The van der Waals surface area contributed by atoms with E-state index in [0.717, 1.165) is 11.8 Å². The molecule has 28 heavy (non-hydrogen) atoms. The van der Waals surface area contributed by atoms with Crippen LogP contribution >= 0.6 is 0 Å². The van der Waals surface area contributed by atoms with Crippen molar-refractivity contribution in [3.8, 4) is 11.5 Å². The number of amides is 1. The highest BCUT2D eigenvalue weighted by atomic mass is 32.2. The predicted octanol–water partition coefficient (Wildman–Crippen LogP) is 1.43. The molecule has 148 valence electrons. The van der Waals surface area contributed by atoms with Crippen molar-refractivity contribution in [3.05, 3.63) is 59.2 Å². The minimum absolute atomic E-state index is 0.173. The maximum Gasteiger partial charge on any atom is 0.338 e. The summed E-state index contributed by atoms with van der Waals surface area (Å²) >= 11 is 0. The summed E-state index contributed by atoms with van der Waals surface area (Å²) in [5.74, 6) is -0.0643. The average molecular weight is 405 g/mol. The van der Waals surface area contributed by atoms with E-state index in [2.05, 4.69) is 5.32 Å². The van der Waals surface area contributed by atoms with Gasteiger partial charge >= 0.3 is 5.97 Å². The SMILES string of the molecule is CS(=O)(=O)Cc1cccc(C(=O)OCC(=O)NCc2ccc3c(c2)OCO3)c1. The number of ether oxygens (including phenoxy) is 3. The first-order chi connectivity index (χ1) is 13.3. The topological polar surface area (TPSA) is 108 Å². The lowest BCUT2D eigenvalue weighted by Crippen LogP contribution is -2.28. The van der Waals surface area contributed by atoms with E-state index in [9.17, 15) is 18.0 Å². The number of fused-ring (bicyclic) bond motifs is 1. The second kappa shape index (κ2) is 8.30. The summed E-state index contributed by atoms with van der Waals surface area (Å²) in [6.07, 6.45) is 1.11. The molecule has 1 N–H and O–H groups in total. The summed E-state index contributed by atoms with van der Waals surface area (Å²) in [7, 11) is -3.22. The molecule has 1 aliphatic rings. The molecule has 1 amide bonds. The zero-order chi connectivity index (χ0) is 20.1. The average Bonchev–Trinajstić information content (AvgIpc) is 3.11. The Bertz CT molecular complexity index is 1000. The lowest BCUT2D eigenvalue weighted by Gasteiger charge is -2.08. The summed E-state index contributed by atoms with van der Waals surface area (Å²) in [5, 5.41) is 2.65. The molecule has 0 atom stereocenters. The van der Waals surface area contributed by atoms with Crippen LogP contribution in [-0.4, -0.2) is 39.9 Å². The molecule has 2 aromatic rings. The molecular formula is C19H19NO7S. The van der Waals surface area contributed by atoms with Crippen molar-refractivity contribution in [2.24, 2.45) is 0 Å². The summed E-state index contributed by atoms with van der Waals surface area (Å²) in [5.41, 5.74) is 1.48. The fraction of sp³-hybridized carbons (Fsp3) is 0.263. The highest BCUT2D eigenvalue weighted by Crippen LogP contribution is 2.32. The van der Waals surface area contributed by atoms with Crippen molar-refractivity contribution in [2.45, 2.75) is 12.3 Å². The maximum absolute atomic E-state index is 12.1. The molecule has 0 saturated heterocycles. The zero-order valence-electron chi connectivity index (χ0n) is 15.1. The van der Waals surface area contributed by atoms with Crippen LogP contribution in [0.15, 0.2) is 42.5 Å². The first kappa shape index (κ1) is 19.7. The van der Waals surface area contributed by atoms with Gasteiger partial charge in [0.2, 0.25) is 6.79 Å². The van der Waals surface area contributed by atoms with Crippen LogP contribution in [0.3, 0.4) is 0 Å². The monoisotopic (exact) mass is 405 g/mol. The van der Waals surface area contributed by atoms with Gasteiger partial charge in [-0.15, -0.1) is 0 Å². The standard InChI is InChI=1S/C19H19NO7S/c1-28(23,24)11-14-3-2-4-15(7-14)19(22)25-10-18(21)20-9-13-5-6-16-17(8-13)27-12-26-16/h2-8H,9-12H2,1H3,(H,20,21). The fourth-order valence-corrected chi connectivity index (χ4v) is 3.39. The van der Waals surface area contributed by atoms with Gasteiger partial charge < -0.3 is 19.5 Å². The van der Waals surface area contributed by atoms with Crippen molar-refractivity contribution in [2.75, 3.05) is 19.7 Å². The van der Waals surface area contributed by atoms with Crippen LogP contribution in [0.1, 0.15) is 21.5 Å². The number of rotatable bonds is 7. The number of hydrogen-bond donors (Lipinski definition) is 1. The number of esters is 1. The van der Waals surface area contributed by atoms with E-state index in [1.54, 1.807) is 30.3 Å². The molecule has 8 nitrogen and oxygen atoms in total. The highest BCUT2D eigenvalue weighted by molar-refractivity contribution is 7.89. The van der Waals surface area contributed by atoms with Gasteiger partial charge in [0.15, 0.2) is 27.9 Å². The number of carbonyl (C=O) groups is 2. The lowest BCUT2D eigenvalue weighted by molar-refractivity contribution is -0.124. The molecule has 2 aromatic carbocycles. The molecule has 0 fully saturated rings. The van der Waals surface area contributed by atoms with Gasteiger partial charge in [0.25, 0.3) is 5.91 Å². The largest absolute Gasteiger partial charge is 0.454 e. The van der Waals surface area contributed by atoms with Crippen LogP contribution in [0.5, 0.6) is 11.5 Å². The Labute approximate surface area is 162 Å². The van der Waals surface area contributed by atoms with Crippen molar-refractivity contribution in [1.29, 1.82) is 0 Å². The summed E-state index contributed by atoms with van der Waals surface area (Å²) < 4.78 is 38.2. The second-order valence-electron chi connectivity index (χ2n) is 6.31. The first-order valence-electron chi connectivity index (χ1n) is 8.39. The Morgan fingerprint density at radius 2 is 1.86 bits per heavy atom. The highest BCUT2D eigenvalue weighted by Gasteiger charge is 2.15. The molecule has 9 heteroatoms. The fourth-order valence-electron chi connectivity index (χ4n) is 2.61. The summed E-state index contributed by atoms with van der Waals surface area (Å²) in [6, 6.07) is 11.4. The molecule has 1 aliphatic heterocycles. The van der Waals surface area contributed by atoms with Crippen molar-refractivity contribution in [1.82, 2.24) is 5.32 Å². The third kappa shape index (κ3) is 5.46. The quantitative estimate of drug-likeness (QED) is 0.694. The Balaban J connectivity index is 1.49. The molecule has 0 bridgehead atoms. The molecule has 0 aliphatic carbocycles. The zero-order valence-corrected chi connectivity index (χ0v) is 16.0. The van der Waals surface area contributed by atoms with Gasteiger partial charge in [-0.25, -0.2) is 13.2 Å². The van der Waals surface area contributed by atoms with E-state index in [0.29, 0.717) is 17.1 Å². The number of hydrogen-bond acceptors (Lipinski definition) is 7. The van der Waals surface area contributed by atoms with Gasteiger partial charge in [0, 0.05) is 12.8 Å². The Kier molecular flexibility index (Phi) is 5.84. The number of nitrogens with one attached hydrogen (secondary N) is 1. The minimum atomic E-state index is -3.22. The van der Waals surface area contributed by atoms with E-state index in [1.807, 2.05) is 0 Å². The molecule has 1 heterocycles. The van der Waals surface area contributed by atoms with E-state index in [-0.39, 0.29) is 24.7 Å². The van der Waals surface area contributed by atoms with E-state index in [4.69, 9.17) is 14.2 Å². The van der Waals surface area contributed by atoms with Crippen LogP contribution in [0.4, 0.5) is 0 Å². The molecule has 0 aromatic heterocycles. The first-order valence-corrected chi connectivity index (χ1v) is 10.5. The number of sulfone groups is 1. The second-order valence-corrected chi connectivity index (χ2v) is 8.45. The molecule has 0 spiro atoms. The summed E-state index contributed by atoms with van der Waals surface area (Å²) in [6.45, 7) is -0.0248. The van der Waals surface area contributed by atoms with Gasteiger partial charge in [0.1, 0.15) is 0 Å². The van der Waals surface area contributed by atoms with Gasteiger partial charge in [-0.1, -0.05) is 18.2 Å². The molecule has 3 rings (SSSR count). The van der Waals surface area contributed by atoms with Crippen LogP contribution in [0.25, 0.3) is 0 Å². The Hall–Kier alpha value is -3.07. The van der Waals surface area contributed by atoms with Gasteiger partial charge in [-0.05, 0) is 35.4 Å². The van der Waals surface area contributed by atoms with Crippen molar-refractivity contribution in [3.63, 3.8) is 0 Å². The van der Waals surface area contributed by atoms with E-state index >= 15 is 0 Å². The van der Waals surface area contributed by atoms with Crippen LogP contribution in [-0.2, 0) is 31.7 Å². The normalized spacial score (nSPS) is 12.5. The molecule has 0 radical (unpaired) electrons. The molecule has 0 unspecified atom stereocenters. The van der Waals surface area contributed by atoms with Crippen LogP contribution in [0, 0.1) is 0 Å². The van der Waals surface area contributed by atoms with Gasteiger partial charge in [-0.3, -0.25) is 4.79 Å². The number of benzene rings is 2. The maximum atomic E-state index is 12.1. The van der Waals surface area contributed by atoms with Crippen LogP contribution < -0.4 is 14.8 Å². The van der Waals surface area contributed by atoms with E-state index < -0.39 is 28.3 Å². The predicted molar refractivity (Wildman–Crippen MR) is 99.7 cm³/mol. The summed E-state index contributed by atoms with van der Waals surface area (Å²) in [4.78, 5) is 24.0. The lowest BCUT2D eigenvalue weighted by atomic mass is 10.1. The Morgan fingerprint density at radius 1 is 1.07 bits per heavy atom. The van der Waals surface area contributed by atoms with Gasteiger partial charge in [-0.2, -0.15) is 0 Å². The van der Waals surface area contributed by atoms with Crippen molar-refractivity contribution >= 4 is 21.7 Å². The third-order valence-electron chi connectivity index (χ3n) is 3.85. The third-order valence-corrected chi connectivity index (χ3v) is 4.71. The van der Waals surface area contributed by atoms with Crippen LogP contribution in [0.2, 0.25) is 0 Å². The molecule has 0 saturated carbocycles. The number of carbonyl (C=O) groups excluding carboxylic acids is 2. The van der Waals surface area contributed by atoms with Crippen molar-refractivity contribution < 1.29 is 32.2 Å². The van der Waals surface area contributed by atoms with E-state index in [1.165, 1.54) is 12.1 Å². The Morgan fingerprint density at radius 3 is 2.64 bits per heavy atom. The minimum Gasteiger partial charge on any atom is -0.454 e. The smallest absolute Gasteiger partial charge is 0.338 e. The molecular weight excluding hydrogens is 386 g/mol.